The molecule has 8 nitrogen and oxygen atoms in total. The third kappa shape index (κ3) is 5.00. The number of benzene rings is 1. The van der Waals surface area contributed by atoms with E-state index in [9.17, 15) is 13.2 Å². The van der Waals surface area contributed by atoms with Crippen molar-refractivity contribution in [3.63, 3.8) is 0 Å². The minimum atomic E-state index is -3.30. The summed E-state index contributed by atoms with van der Waals surface area (Å²) >= 11 is 0. The predicted molar refractivity (Wildman–Crippen MR) is 135 cm³/mol. The van der Waals surface area contributed by atoms with Gasteiger partial charge in [-0.15, -0.1) is 0 Å². The van der Waals surface area contributed by atoms with E-state index in [-0.39, 0.29) is 11.7 Å². The fraction of sp³-hybridized carbons (Fsp3) is 0.600. The summed E-state index contributed by atoms with van der Waals surface area (Å²) in [5.74, 6) is 0.718. The molecule has 2 aromatic rings. The second-order valence-electron chi connectivity index (χ2n) is 9.83. The zero-order valence-corrected chi connectivity index (χ0v) is 21.4. The molecule has 2 fully saturated rings. The molecule has 0 atom stereocenters. The van der Waals surface area contributed by atoms with Crippen molar-refractivity contribution >= 4 is 15.7 Å². The number of ether oxygens (including phenoxy) is 1. The summed E-state index contributed by atoms with van der Waals surface area (Å²) in [4.78, 5) is 15.6. The Morgan fingerprint density at radius 1 is 0.971 bits per heavy atom. The fourth-order valence-electron chi connectivity index (χ4n) is 4.60. The van der Waals surface area contributed by atoms with E-state index in [4.69, 9.17) is 4.74 Å². The number of sulfonamides is 1. The van der Waals surface area contributed by atoms with Crippen molar-refractivity contribution < 1.29 is 13.2 Å². The van der Waals surface area contributed by atoms with Gasteiger partial charge in [0.2, 0.25) is 15.8 Å². The maximum Gasteiger partial charge on any atom is 0.316 e. The summed E-state index contributed by atoms with van der Waals surface area (Å²) < 4.78 is 34.4. The molecule has 9 heteroatoms. The maximum atomic E-state index is 13.6. The normalized spacial score (nSPS) is 18.2. The number of hydrogen-bond donors (Lipinski definition) is 0. The average Bonchev–Trinajstić information content (AvgIpc) is 3.34. The molecule has 0 bridgehead atoms. The van der Waals surface area contributed by atoms with E-state index in [0.29, 0.717) is 49.2 Å². The van der Waals surface area contributed by atoms with Crippen LogP contribution in [0.1, 0.15) is 64.9 Å². The quantitative estimate of drug-likeness (QED) is 0.593. The number of hydrogen-bond acceptors (Lipinski definition) is 6. The zero-order chi connectivity index (χ0) is 24.5. The highest BCUT2D eigenvalue weighted by Crippen LogP contribution is 2.30. The van der Waals surface area contributed by atoms with E-state index in [1.54, 1.807) is 20.0 Å². The van der Waals surface area contributed by atoms with Crippen LogP contribution in [0.5, 0.6) is 5.75 Å². The molecule has 1 aromatic carbocycles. The van der Waals surface area contributed by atoms with Crippen molar-refractivity contribution in [2.24, 2.45) is 0 Å². The molecule has 4 rings (SSSR count). The Balaban J connectivity index is 1.65. The van der Waals surface area contributed by atoms with E-state index in [0.717, 1.165) is 25.7 Å². The van der Waals surface area contributed by atoms with Gasteiger partial charge >= 0.3 is 5.56 Å². The Morgan fingerprint density at radius 2 is 1.59 bits per heavy atom. The van der Waals surface area contributed by atoms with E-state index in [2.05, 4.69) is 18.9 Å². The van der Waals surface area contributed by atoms with Crippen LogP contribution in [0.2, 0.25) is 0 Å². The fourth-order valence-corrected chi connectivity index (χ4v) is 5.87. The molecule has 1 aliphatic carbocycles. The molecule has 0 spiro atoms. The highest BCUT2D eigenvalue weighted by Gasteiger charge is 2.31. The molecule has 34 heavy (non-hydrogen) atoms. The summed E-state index contributed by atoms with van der Waals surface area (Å²) in [5.41, 5.74) is 2.27. The van der Waals surface area contributed by atoms with Crippen LogP contribution in [0.25, 0.3) is 5.69 Å². The van der Waals surface area contributed by atoms with Crippen molar-refractivity contribution in [2.45, 2.75) is 70.7 Å². The molecule has 1 aliphatic heterocycles. The molecule has 2 heterocycles. The van der Waals surface area contributed by atoms with E-state index >= 15 is 0 Å². The molecular weight excluding hydrogens is 452 g/mol. The monoisotopic (exact) mass is 488 g/mol. The van der Waals surface area contributed by atoms with Gasteiger partial charge in [0.15, 0.2) is 0 Å². The van der Waals surface area contributed by atoms with Gasteiger partial charge in [-0.05, 0) is 63.1 Å². The van der Waals surface area contributed by atoms with Gasteiger partial charge in [0.1, 0.15) is 5.69 Å². The number of aromatic nitrogens is 2. The van der Waals surface area contributed by atoms with Crippen LogP contribution in [0.3, 0.4) is 0 Å². The molecule has 2 aliphatic rings. The van der Waals surface area contributed by atoms with Crippen LogP contribution in [0.15, 0.2) is 35.3 Å². The minimum absolute atomic E-state index is 0.0215. The Hall–Kier alpha value is -2.39. The van der Waals surface area contributed by atoms with Crippen LogP contribution >= 0.6 is 0 Å². The second kappa shape index (κ2) is 10.1. The second-order valence-corrected chi connectivity index (χ2v) is 12.3. The van der Waals surface area contributed by atoms with E-state index < -0.39 is 15.3 Å². The Bertz CT molecular complexity index is 1140. The number of nitrogens with zero attached hydrogens (tertiary/aromatic N) is 4. The van der Waals surface area contributed by atoms with Gasteiger partial charge in [-0.2, -0.15) is 14.1 Å². The van der Waals surface area contributed by atoms with Gasteiger partial charge in [-0.1, -0.05) is 26.0 Å². The van der Waals surface area contributed by atoms with Crippen LogP contribution in [-0.4, -0.2) is 60.0 Å². The molecule has 0 N–H and O–H groups in total. The summed E-state index contributed by atoms with van der Waals surface area (Å²) in [5, 5.41) is 4.03. The summed E-state index contributed by atoms with van der Waals surface area (Å²) in [6.45, 7) is 9.40. The Kier molecular flexibility index (Phi) is 7.33. The first-order chi connectivity index (χ1) is 16.2. The lowest BCUT2D eigenvalue weighted by Crippen LogP contribution is -2.50. The number of piperazine rings is 1. The lowest BCUT2D eigenvalue weighted by Gasteiger charge is -2.36. The first-order valence-electron chi connectivity index (χ1n) is 12.3. The molecule has 186 valence electrons. The van der Waals surface area contributed by atoms with Crippen molar-refractivity contribution in [3.8, 4) is 11.4 Å². The molecule has 1 aromatic heterocycles. The minimum Gasteiger partial charge on any atom is -0.483 e. The van der Waals surface area contributed by atoms with Crippen molar-refractivity contribution in [2.75, 3.05) is 31.1 Å². The van der Waals surface area contributed by atoms with Gasteiger partial charge in [0.05, 0.1) is 23.2 Å². The van der Waals surface area contributed by atoms with Crippen molar-refractivity contribution in [3.05, 3.63) is 46.4 Å². The van der Waals surface area contributed by atoms with Gasteiger partial charge in [0, 0.05) is 26.2 Å². The lowest BCUT2D eigenvalue weighted by atomic mass is 10.0. The molecule has 0 amide bonds. The molecule has 1 saturated carbocycles. The van der Waals surface area contributed by atoms with Gasteiger partial charge < -0.3 is 9.64 Å². The van der Waals surface area contributed by atoms with Crippen molar-refractivity contribution in [1.82, 2.24) is 14.1 Å². The predicted octanol–water partition coefficient (Wildman–Crippen LogP) is 3.54. The SMILES string of the molecule is CC(C)c1ccc(-n2ncc(N3CCN(S(=O)(=O)C(C)C)CC3)c(OC3CCCC3)c2=O)cc1. The highest BCUT2D eigenvalue weighted by molar-refractivity contribution is 7.89. The van der Waals surface area contributed by atoms with Gasteiger partial charge in [-0.25, -0.2) is 8.42 Å². The van der Waals surface area contributed by atoms with Crippen LogP contribution < -0.4 is 15.2 Å². The smallest absolute Gasteiger partial charge is 0.316 e. The number of anilines is 1. The average molecular weight is 489 g/mol. The number of rotatable bonds is 7. The summed E-state index contributed by atoms with van der Waals surface area (Å²) in [6.07, 6.45) is 5.78. The molecule has 0 radical (unpaired) electrons. The maximum absolute atomic E-state index is 13.6. The molecule has 1 saturated heterocycles. The summed E-state index contributed by atoms with van der Waals surface area (Å²) in [6, 6.07) is 7.87. The molecule has 0 unspecified atom stereocenters. The first kappa shape index (κ1) is 24.7. The highest BCUT2D eigenvalue weighted by atomic mass is 32.2. The van der Waals surface area contributed by atoms with Crippen LogP contribution in [0, 0.1) is 0 Å². The van der Waals surface area contributed by atoms with Crippen LogP contribution in [-0.2, 0) is 10.0 Å². The topological polar surface area (TPSA) is 84.7 Å². The zero-order valence-electron chi connectivity index (χ0n) is 20.6. The standard InChI is InChI=1S/C25H36N4O4S/c1-18(2)20-9-11-21(12-10-20)29-25(30)24(33-22-7-5-6-8-22)23(17-26-29)27-13-15-28(16-14-27)34(31,32)19(3)4/h9-12,17-19,22H,5-8,13-16H2,1-4H3. The van der Waals surface area contributed by atoms with Crippen molar-refractivity contribution in [1.29, 1.82) is 0 Å². The van der Waals surface area contributed by atoms with Gasteiger partial charge in [0.25, 0.3) is 0 Å². The van der Waals surface area contributed by atoms with E-state index in [1.807, 2.05) is 29.2 Å². The van der Waals surface area contributed by atoms with Gasteiger partial charge in [-0.3, -0.25) is 4.79 Å². The lowest BCUT2D eigenvalue weighted by molar-refractivity contribution is 0.205. The third-order valence-electron chi connectivity index (χ3n) is 6.84. The van der Waals surface area contributed by atoms with E-state index in [1.165, 1.54) is 14.6 Å². The third-order valence-corrected chi connectivity index (χ3v) is 9.12. The summed E-state index contributed by atoms with van der Waals surface area (Å²) in [7, 11) is -3.30. The first-order valence-corrected chi connectivity index (χ1v) is 13.8. The van der Waals surface area contributed by atoms with Crippen LogP contribution in [0.4, 0.5) is 5.69 Å². The Labute approximate surface area is 202 Å². The molecular formula is C25H36N4O4S. The largest absolute Gasteiger partial charge is 0.483 e. The Morgan fingerprint density at radius 3 is 2.15 bits per heavy atom.